The predicted octanol–water partition coefficient (Wildman–Crippen LogP) is 5.69. The number of nitrogens with one attached hydrogen (secondary N) is 1. The van der Waals surface area contributed by atoms with E-state index >= 15 is 0 Å². The minimum Gasteiger partial charge on any atom is -0.314 e. The highest BCUT2D eigenvalue weighted by Gasteiger charge is 2.24. The summed E-state index contributed by atoms with van der Waals surface area (Å²) in [5.74, 6) is 1.07. The van der Waals surface area contributed by atoms with Crippen molar-refractivity contribution < 1.29 is 0 Å². The largest absolute Gasteiger partial charge is 0.314 e. The zero-order valence-corrected chi connectivity index (χ0v) is 13.6. The molecule has 1 rings (SSSR count). The summed E-state index contributed by atoms with van der Waals surface area (Å²) in [5, 5.41) is 3.76. The van der Waals surface area contributed by atoms with Gasteiger partial charge in [-0.3, -0.25) is 0 Å². The normalized spacial score (nSPS) is 16.7. The van der Waals surface area contributed by atoms with Crippen LogP contribution in [0.4, 0.5) is 0 Å². The quantitative estimate of drug-likeness (QED) is 0.399. The van der Waals surface area contributed by atoms with Crippen molar-refractivity contribution in [2.24, 2.45) is 5.92 Å². The Bertz CT molecular complexity index is 186. The smallest absolute Gasteiger partial charge is 0.00696 e. The van der Waals surface area contributed by atoms with Crippen molar-refractivity contribution in [3.05, 3.63) is 0 Å². The van der Waals surface area contributed by atoms with Gasteiger partial charge < -0.3 is 5.32 Å². The standard InChI is InChI=1S/C18H37N/c1-3-5-6-7-8-9-10-11-12-18(19-15-4-2)16-17-13-14-17/h17-19H,3-16H2,1-2H3. The molecule has 0 radical (unpaired) electrons. The van der Waals surface area contributed by atoms with Crippen molar-refractivity contribution in [1.82, 2.24) is 5.32 Å². The average molecular weight is 268 g/mol. The molecule has 0 bridgehead atoms. The van der Waals surface area contributed by atoms with E-state index in [0.717, 1.165) is 12.0 Å². The third-order valence-corrected chi connectivity index (χ3v) is 4.40. The molecule has 1 saturated carbocycles. The van der Waals surface area contributed by atoms with Gasteiger partial charge in [-0.15, -0.1) is 0 Å². The molecule has 0 aromatic carbocycles. The molecule has 1 aliphatic carbocycles. The Kier molecular flexibility index (Phi) is 10.5. The minimum absolute atomic E-state index is 0.826. The van der Waals surface area contributed by atoms with Gasteiger partial charge in [0.2, 0.25) is 0 Å². The number of rotatable bonds is 14. The van der Waals surface area contributed by atoms with Crippen LogP contribution in [0.1, 0.15) is 97.3 Å². The van der Waals surface area contributed by atoms with Gasteiger partial charge in [0.1, 0.15) is 0 Å². The second-order valence-corrected chi connectivity index (χ2v) is 6.59. The van der Waals surface area contributed by atoms with E-state index in [1.807, 2.05) is 0 Å². The van der Waals surface area contributed by atoms with Crippen LogP contribution in [0.2, 0.25) is 0 Å². The van der Waals surface area contributed by atoms with Crippen LogP contribution in [0.5, 0.6) is 0 Å². The van der Waals surface area contributed by atoms with Crippen molar-refractivity contribution in [3.8, 4) is 0 Å². The first-order valence-electron chi connectivity index (χ1n) is 9.10. The Labute approximate surface area is 121 Å². The summed E-state index contributed by atoms with van der Waals surface area (Å²) in [4.78, 5) is 0. The van der Waals surface area contributed by atoms with Gasteiger partial charge in [-0.05, 0) is 31.7 Å². The summed E-state index contributed by atoms with van der Waals surface area (Å²) in [5.41, 5.74) is 0. The molecule has 1 heteroatoms. The number of hydrogen-bond acceptors (Lipinski definition) is 1. The lowest BCUT2D eigenvalue weighted by atomic mass is 10.0. The molecule has 1 nitrogen and oxygen atoms in total. The van der Waals surface area contributed by atoms with E-state index in [2.05, 4.69) is 19.2 Å². The molecule has 0 aromatic rings. The van der Waals surface area contributed by atoms with E-state index in [9.17, 15) is 0 Å². The molecule has 0 amide bonds. The Hall–Kier alpha value is -0.0400. The lowest BCUT2D eigenvalue weighted by Crippen LogP contribution is -2.30. The lowest BCUT2D eigenvalue weighted by molar-refractivity contribution is 0.413. The maximum absolute atomic E-state index is 3.76. The van der Waals surface area contributed by atoms with Gasteiger partial charge in [0, 0.05) is 6.04 Å². The van der Waals surface area contributed by atoms with E-state index in [1.54, 1.807) is 0 Å². The molecular formula is C18H37N. The lowest BCUT2D eigenvalue weighted by Gasteiger charge is -2.18. The van der Waals surface area contributed by atoms with Crippen LogP contribution < -0.4 is 5.32 Å². The zero-order chi connectivity index (χ0) is 13.8. The second-order valence-electron chi connectivity index (χ2n) is 6.59. The molecule has 0 saturated heterocycles. The van der Waals surface area contributed by atoms with E-state index in [4.69, 9.17) is 0 Å². The molecule has 0 aromatic heterocycles. The molecule has 1 fully saturated rings. The van der Waals surface area contributed by atoms with Gasteiger partial charge in [-0.2, -0.15) is 0 Å². The first-order chi connectivity index (χ1) is 9.36. The first-order valence-corrected chi connectivity index (χ1v) is 9.10. The van der Waals surface area contributed by atoms with Crippen LogP contribution in [-0.4, -0.2) is 12.6 Å². The third kappa shape index (κ3) is 10.4. The fourth-order valence-electron chi connectivity index (χ4n) is 2.93. The molecule has 0 aliphatic heterocycles. The number of unbranched alkanes of at least 4 members (excludes halogenated alkanes) is 7. The van der Waals surface area contributed by atoms with Gasteiger partial charge >= 0.3 is 0 Å². The fraction of sp³-hybridized carbons (Fsp3) is 1.00. The maximum Gasteiger partial charge on any atom is 0.00696 e. The Morgan fingerprint density at radius 3 is 2.05 bits per heavy atom. The summed E-state index contributed by atoms with van der Waals surface area (Å²) in [7, 11) is 0. The van der Waals surface area contributed by atoms with Crippen LogP contribution >= 0.6 is 0 Å². The molecule has 1 atom stereocenters. The molecule has 1 aliphatic rings. The number of hydrogen-bond donors (Lipinski definition) is 1. The minimum atomic E-state index is 0.826. The summed E-state index contributed by atoms with van der Waals surface area (Å²) < 4.78 is 0. The van der Waals surface area contributed by atoms with Crippen molar-refractivity contribution in [2.75, 3.05) is 6.54 Å². The zero-order valence-electron chi connectivity index (χ0n) is 13.6. The van der Waals surface area contributed by atoms with E-state index in [-0.39, 0.29) is 0 Å². The average Bonchev–Trinajstić information content (AvgIpc) is 3.22. The predicted molar refractivity (Wildman–Crippen MR) is 86.6 cm³/mol. The molecule has 0 spiro atoms. The summed E-state index contributed by atoms with van der Waals surface area (Å²) in [6, 6.07) is 0.826. The van der Waals surface area contributed by atoms with Gasteiger partial charge in [0.25, 0.3) is 0 Å². The molecule has 0 heterocycles. The van der Waals surface area contributed by atoms with Crippen LogP contribution in [-0.2, 0) is 0 Å². The van der Waals surface area contributed by atoms with Crippen molar-refractivity contribution in [1.29, 1.82) is 0 Å². The van der Waals surface area contributed by atoms with Crippen molar-refractivity contribution >= 4 is 0 Å². The Balaban J connectivity index is 1.91. The first kappa shape index (κ1) is 17.0. The topological polar surface area (TPSA) is 12.0 Å². The highest BCUT2D eigenvalue weighted by atomic mass is 14.9. The van der Waals surface area contributed by atoms with E-state index in [0.29, 0.717) is 0 Å². The Morgan fingerprint density at radius 1 is 0.842 bits per heavy atom. The molecule has 1 unspecified atom stereocenters. The van der Waals surface area contributed by atoms with Crippen molar-refractivity contribution in [2.45, 2.75) is 103 Å². The van der Waals surface area contributed by atoms with Gasteiger partial charge in [0.15, 0.2) is 0 Å². The third-order valence-electron chi connectivity index (χ3n) is 4.40. The monoisotopic (exact) mass is 267 g/mol. The summed E-state index contributed by atoms with van der Waals surface area (Å²) in [6.45, 7) is 5.79. The van der Waals surface area contributed by atoms with Crippen LogP contribution in [0.15, 0.2) is 0 Å². The highest BCUT2D eigenvalue weighted by molar-refractivity contribution is 4.80. The van der Waals surface area contributed by atoms with Crippen molar-refractivity contribution in [3.63, 3.8) is 0 Å². The summed E-state index contributed by atoms with van der Waals surface area (Å²) >= 11 is 0. The van der Waals surface area contributed by atoms with E-state index < -0.39 is 0 Å². The second kappa shape index (κ2) is 11.8. The highest BCUT2D eigenvalue weighted by Crippen LogP contribution is 2.34. The Morgan fingerprint density at radius 2 is 1.47 bits per heavy atom. The van der Waals surface area contributed by atoms with Gasteiger partial charge in [-0.25, -0.2) is 0 Å². The van der Waals surface area contributed by atoms with Gasteiger partial charge in [-0.1, -0.05) is 78.1 Å². The molecular weight excluding hydrogens is 230 g/mol. The summed E-state index contributed by atoms with van der Waals surface area (Å²) in [6.07, 6.45) is 18.7. The maximum atomic E-state index is 3.76. The van der Waals surface area contributed by atoms with E-state index in [1.165, 1.54) is 90.0 Å². The van der Waals surface area contributed by atoms with Crippen LogP contribution in [0.3, 0.4) is 0 Å². The molecule has 1 N–H and O–H groups in total. The molecule has 114 valence electrons. The van der Waals surface area contributed by atoms with Crippen LogP contribution in [0.25, 0.3) is 0 Å². The molecule has 19 heavy (non-hydrogen) atoms. The van der Waals surface area contributed by atoms with Crippen LogP contribution in [0, 0.1) is 5.92 Å². The van der Waals surface area contributed by atoms with Gasteiger partial charge in [0.05, 0.1) is 0 Å². The SMILES string of the molecule is CCCCCCCCCCC(CC1CC1)NCCC. The fourth-order valence-corrected chi connectivity index (χ4v) is 2.93.